The van der Waals surface area contributed by atoms with E-state index in [-0.39, 0.29) is 6.42 Å². The number of urea groups is 1. The van der Waals surface area contributed by atoms with E-state index in [0.717, 1.165) is 5.56 Å². The Morgan fingerprint density at radius 2 is 2.00 bits per heavy atom. The molecule has 0 aliphatic heterocycles. The molecule has 7 heteroatoms. The minimum Gasteiger partial charge on any atom is -0.481 e. The van der Waals surface area contributed by atoms with Crippen LogP contribution < -0.4 is 10.6 Å². The van der Waals surface area contributed by atoms with E-state index in [9.17, 15) is 9.59 Å². The Labute approximate surface area is 121 Å². The Bertz CT molecular complexity index is 656. The quantitative estimate of drug-likeness (QED) is 0.798. The molecule has 0 aliphatic carbocycles. The summed E-state index contributed by atoms with van der Waals surface area (Å²) in [5.74, 6) is -0.951. The van der Waals surface area contributed by atoms with Gasteiger partial charge in [0.05, 0.1) is 35.9 Å². The predicted molar refractivity (Wildman–Crippen MR) is 77.2 cm³/mol. The first kappa shape index (κ1) is 14.4. The Morgan fingerprint density at radius 3 is 2.62 bits per heavy atom. The number of aryl methyl sites for hydroxylation is 1. The summed E-state index contributed by atoms with van der Waals surface area (Å²) in [5, 5.41) is 13.9. The van der Waals surface area contributed by atoms with Gasteiger partial charge in [0.1, 0.15) is 0 Å². The lowest BCUT2D eigenvalue weighted by atomic mass is 10.2. The molecule has 0 aromatic carbocycles. The molecule has 0 saturated heterocycles. The van der Waals surface area contributed by atoms with Gasteiger partial charge in [-0.2, -0.15) is 0 Å². The van der Waals surface area contributed by atoms with Crippen molar-refractivity contribution in [2.45, 2.75) is 13.3 Å². The van der Waals surface area contributed by atoms with Crippen molar-refractivity contribution in [3.05, 3.63) is 48.0 Å². The van der Waals surface area contributed by atoms with E-state index in [1.807, 2.05) is 6.92 Å². The van der Waals surface area contributed by atoms with Gasteiger partial charge in [0, 0.05) is 6.20 Å². The van der Waals surface area contributed by atoms with E-state index in [0.29, 0.717) is 17.1 Å². The zero-order valence-electron chi connectivity index (χ0n) is 11.3. The molecular weight excluding hydrogens is 272 g/mol. The Morgan fingerprint density at radius 1 is 1.19 bits per heavy atom. The number of nitrogens with one attached hydrogen (secondary N) is 2. The van der Waals surface area contributed by atoms with E-state index in [1.165, 1.54) is 6.20 Å². The van der Waals surface area contributed by atoms with Crippen molar-refractivity contribution in [3.63, 3.8) is 0 Å². The number of carbonyl (C=O) groups excluding carboxylic acids is 1. The molecular formula is C14H14N4O3. The standard InChI is InChI=1S/C14H14N4O3/c1-9-4-5-15-8-12(9)18-14(21)17-11-3-2-10(16-7-11)6-13(19)20/h2-5,7-8H,6H2,1H3,(H,19,20)(H2,17,18,21). The minimum atomic E-state index is -0.951. The number of carboxylic acid groups (broad SMARTS) is 1. The Kier molecular flexibility index (Phi) is 4.45. The maximum absolute atomic E-state index is 11.8. The lowest BCUT2D eigenvalue weighted by Gasteiger charge is -2.09. The maximum atomic E-state index is 11.8. The highest BCUT2D eigenvalue weighted by Crippen LogP contribution is 2.12. The molecule has 2 aromatic rings. The molecule has 0 spiro atoms. The molecule has 108 valence electrons. The average Bonchev–Trinajstić information content (AvgIpc) is 2.43. The number of nitrogens with zero attached hydrogens (tertiary/aromatic N) is 2. The summed E-state index contributed by atoms with van der Waals surface area (Å²) in [7, 11) is 0. The van der Waals surface area contributed by atoms with Gasteiger partial charge in [-0.1, -0.05) is 0 Å². The summed E-state index contributed by atoms with van der Waals surface area (Å²) < 4.78 is 0. The van der Waals surface area contributed by atoms with E-state index >= 15 is 0 Å². The van der Waals surface area contributed by atoms with Crippen molar-refractivity contribution in [1.82, 2.24) is 9.97 Å². The first-order valence-electron chi connectivity index (χ1n) is 6.20. The third-order valence-corrected chi connectivity index (χ3v) is 2.70. The first-order valence-corrected chi connectivity index (χ1v) is 6.20. The second-order valence-corrected chi connectivity index (χ2v) is 4.38. The molecule has 2 heterocycles. The average molecular weight is 286 g/mol. The van der Waals surface area contributed by atoms with Crippen LogP contribution in [0.15, 0.2) is 36.8 Å². The topological polar surface area (TPSA) is 104 Å². The van der Waals surface area contributed by atoms with Crippen molar-refractivity contribution in [2.75, 3.05) is 10.6 Å². The summed E-state index contributed by atoms with van der Waals surface area (Å²) in [6.07, 6.45) is 4.46. The van der Waals surface area contributed by atoms with Crippen LogP contribution in [0.4, 0.5) is 16.2 Å². The smallest absolute Gasteiger partial charge is 0.323 e. The SMILES string of the molecule is Cc1ccncc1NC(=O)Nc1ccc(CC(=O)O)nc1. The molecule has 0 fully saturated rings. The van der Waals surface area contributed by atoms with Crippen LogP contribution in [0.1, 0.15) is 11.3 Å². The third kappa shape index (κ3) is 4.27. The zero-order chi connectivity index (χ0) is 15.2. The summed E-state index contributed by atoms with van der Waals surface area (Å²) in [6, 6.07) is 4.52. The van der Waals surface area contributed by atoms with Crippen LogP contribution in [0.2, 0.25) is 0 Å². The molecule has 3 N–H and O–H groups in total. The molecule has 7 nitrogen and oxygen atoms in total. The highest BCUT2D eigenvalue weighted by Gasteiger charge is 2.06. The predicted octanol–water partition coefficient (Wildman–Crippen LogP) is 2.06. The lowest BCUT2D eigenvalue weighted by molar-refractivity contribution is -0.136. The summed E-state index contributed by atoms with van der Waals surface area (Å²) in [6.45, 7) is 1.86. The van der Waals surface area contributed by atoms with Crippen LogP contribution in [0, 0.1) is 6.92 Å². The fourth-order valence-corrected chi connectivity index (χ4v) is 1.64. The van der Waals surface area contributed by atoms with Crippen LogP contribution >= 0.6 is 0 Å². The summed E-state index contributed by atoms with van der Waals surface area (Å²) >= 11 is 0. The molecule has 2 aromatic heterocycles. The Hall–Kier alpha value is -2.96. The largest absolute Gasteiger partial charge is 0.481 e. The monoisotopic (exact) mass is 286 g/mol. The van der Waals surface area contributed by atoms with E-state index in [2.05, 4.69) is 20.6 Å². The number of carbonyl (C=O) groups is 2. The molecule has 0 radical (unpaired) electrons. The number of rotatable bonds is 4. The number of pyridine rings is 2. The van der Waals surface area contributed by atoms with Crippen LogP contribution in [-0.2, 0) is 11.2 Å². The van der Waals surface area contributed by atoms with Gasteiger partial charge in [0.25, 0.3) is 0 Å². The van der Waals surface area contributed by atoms with Crippen molar-refractivity contribution in [1.29, 1.82) is 0 Å². The van der Waals surface area contributed by atoms with Crippen molar-refractivity contribution in [2.24, 2.45) is 0 Å². The molecule has 0 atom stereocenters. The number of hydrogen-bond donors (Lipinski definition) is 3. The highest BCUT2D eigenvalue weighted by molar-refractivity contribution is 5.99. The van der Waals surface area contributed by atoms with Gasteiger partial charge in [-0.3, -0.25) is 14.8 Å². The van der Waals surface area contributed by atoms with Crippen molar-refractivity contribution in [3.8, 4) is 0 Å². The van der Waals surface area contributed by atoms with Gasteiger partial charge in [-0.25, -0.2) is 4.79 Å². The fourth-order valence-electron chi connectivity index (χ4n) is 1.64. The molecule has 2 amide bonds. The lowest BCUT2D eigenvalue weighted by Crippen LogP contribution is -2.20. The number of carboxylic acids is 1. The zero-order valence-corrected chi connectivity index (χ0v) is 11.3. The number of amides is 2. The van der Waals surface area contributed by atoms with Crippen LogP contribution in [0.25, 0.3) is 0 Å². The number of aromatic nitrogens is 2. The minimum absolute atomic E-state index is 0.151. The van der Waals surface area contributed by atoms with E-state index in [1.54, 1.807) is 30.6 Å². The number of hydrogen-bond acceptors (Lipinski definition) is 4. The number of aliphatic carboxylic acids is 1. The van der Waals surface area contributed by atoms with Crippen molar-refractivity contribution < 1.29 is 14.7 Å². The van der Waals surface area contributed by atoms with Gasteiger partial charge >= 0.3 is 12.0 Å². The van der Waals surface area contributed by atoms with Gasteiger partial charge in [-0.05, 0) is 30.7 Å². The van der Waals surface area contributed by atoms with Gasteiger partial charge < -0.3 is 15.7 Å². The Balaban J connectivity index is 1.96. The van der Waals surface area contributed by atoms with Crippen LogP contribution in [0.3, 0.4) is 0 Å². The van der Waals surface area contributed by atoms with Gasteiger partial charge in [-0.15, -0.1) is 0 Å². The molecule has 2 rings (SSSR count). The second kappa shape index (κ2) is 6.47. The third-order valence-electron chi connectivity index (χ3n) is 2.70. The summed E-state index contributed by atoms with van der Waals surface area (Å²) in [4.78, 5) is 30.3. The van der Waals surface area contributed by atoms with Crippen LogP contribution in [-0.4, -0.2) is 27.1 Å². The highest BCUT2D eigenvalue weighted by atomic mass is 16.4. The summed E-state index contributed by atoms with van der Waals surface area (Å²) in [5.41, 5.74) is 2.42. The molecule has 21 heavy (non-hydrogen) atoms. The molecule has 0 unspecified atom stereocenters. The molecule has 0 aliphatic rings. The fraction of sp³-hybridized carbons (Fsp3) is 0.143. The normalized spacial score (nSPS) is 9.95. The second-order valence-electron chi connectivity index (χ2n) is 4.38. The molecule has 0 bridgehead atoms. The van der Waals surface area contributed by atoms with Crippen LogP contribution in [0.5, 0.6) is 0 Å². The van der Waals surface area contributed by atoms with Crippen molar-refractivity contribution >= 4 is 23.4 Å². The van der Waals surface area contributed by atoms with Gasteiger partial charge in [0.15, 0.2) is 0 Å². The molecule has 0 saturated carbocycles. The first-order chi connectivity index (χ1) is 10.0. The van der Waals surface area contributed by atoms with E-state index in [4.69, 9.17) is 5.11 Å². The number of anilines is 2. The van der Waals surface area contributed by atoms with Gasteiger partial charge in [0.2, 0.25) is 0 Å². The maximum Gasteiger partial charge on any atom is 0.323 e. The van der Waals surface area contributed by atoms with E-state index < -0.39 is 12.0 Å².